The maximum Gasteiger partial charge on any atom is 0.273 e. The second-order valence-electron chi connectivity index (χ2n) is 8.05. The van der Waals surface area contributed by atoms with Crippen LogP contribution < -0.4 is 10.1 Å². The summed E-state index contributed by atoms with van der Waals surface area (Å²) in [4.78, 5) is 35.2. The van der Waals surface area contributed by atoms with Crippen LogP contribution in [0.15, 0.2) is 43.0 Å². The van der Waals surface area contributed by atoms with Crippen molar-refractivity contribution in [3.8, 4) is 17.1 Å². The van der Waals surface area contributed by atoms with E-state index in [0.717, 1.165) is 5.56 Å². The molecule has 0 fully saturated rings. The number of amides is 1. The van der Waals surface area contributed by atoms with Crippen LogP contribution in [0.4, 0.5) is 17.2 Å². The van der Waals surface area contributed by atoms with E-state index in [-0.39, 0.29) is 11.7 Å². The first kappa shape index (κ1) is 22.0. The second-order valence-corrected chi connectivity index (χ2v) is 8.05. The molecule has 5 rings (SSSR count). The van der Waals surface area contributed by atoms with E-state index in [2.05, 4.69) is 30.2 Å². The normalized spacial score (nSPS) is 12.4. The van der Waals surface area contributed by atoms with Gasteiger partial charge in [0, 0.05) is 31.9 Å². The summed E-state index contributed by atoms with van der Waals surface area (Å²) in [5.41, 5.74) is 4.58. The van der Waals surface area contributed by atoms with E-state index in [9.17, 15) is 4.79 Å². The highest BCUT2D eigenvalue weighted by Crippen LogP contribution is 2.38. The topological polar surface area (TPSA) is 115 Å². The van der Waals surface area contributed by atoms with Gasteiger partial charge >= 0.3 is 0 Å². The summed E-state index contributed by atoms with van der Waals surface area (Å²) in [5.74, 6) is 1.25. The number of para-hydroxylation sites is 1. The fourth-order valence-electron chi connectivity index (χ4n) is 4.05. The molecular weight excluding hydrogens is 446 g/mol. The van der Waals surface area contributed by atoms with Gasteiger partial charge in [0.2, 0.25) is 6.33 Å². The van der Waals surface area contributed by atoms with Crippen LogP contribution in [-0.4, -0.2) is 54.7 Å². The number of carbonyl (C=O) groups is 1. The summed E-state index contributed by atoms with van der Waals surface area (Å²) < 4.78 is 7.35. The quantitative estimate of drug-likeness (QED) is 0.430. The molecule has 11 heteroatoms. The molecule has 4 aromatic rings. The zero-order chi connectivity index (χ0) is 24.5. The SMILES string of the molecule is [C-]#[N+]c1cc(Cc2cc(Nc3cccc(-c4ncn(C)n4)c3OC)c3c(n2)CN(C)C3=O)ncn1. The number of aryl methyl sites for hydroxylation is 1. The van der Waals surface area contributed by atoms with E-state index in [4.69, 9.17) is 16.3 Å². The number of anilines is 2. The highest BCUT2D eigenvalue weighted by atomic mass is 16.5. The van der Waals surface area contributed by atoms with Gasteiger partial charge in [-0.1, -0.05) is 12.6 Å². The molecule has 0 bridgehead atoms. The number of hydrogen-bond acceptors (Lipinski definition) is 8. The number of rotatable bonds is 6. The molecule has 1 aromatic carbocycles. The first-order chi connectivity index (χ1) is 17.0. The van der Waals surface area contributed by atoms with Gasteiger partial charge in [0.05, 0.1) is 41.9 Å². The fourth-order valence-corrected chi connectivity index (χ4v) is 4.05. The number of aromatic nitrogens is 6. The highest BCUT2D eigenvalue weighted by Gasteiger charge is 2.30. The Hall–Kier alpha value is -4.85. The minimum absolute atomic E-state index is 0.111. The molecule has 0 saturated heterocycles. The van der Waals surface area contributed by atoms with Crippen molar-refractivity contribution in [1.29, 1.82) is 0 Å². The van der Waals surface area contributed by atoms with E-state index in [1.807, 2.05) is 24.3 Å². The van der Waals surface area contributed by atoms with Gasteiger partial charge in [-0.3, -0.25) is 14.5 Å². The molecular formula is C24H21N9O2. The van der Waals surface area contributed by atoms with Crippen molar-refractivity contribution in [3.05, 3.63) is 77.0 Å². The molecule has 0 radical (unpaired) electrons. The van der Waals surface area contributed by atoms with E-state index < -0.39 is 0 Å². The Bertz CT molecular complexity index is 1490. The van der Waals surface area contributed by atoms with E-state index in [1.54, 1.807) is 43.2 Å². The number of methoxy groups -OCH3 is 1. The molecule has 11 nitrogen and oxygen atoms in total. The zero-order valence-corrected chi connectivity index (χ0v) is 19.3. The van der Waals surface area contributed by atoms with Gasteiger partial charge in [-0.2, -0.15) is 5.10 Å². The van der Waals surface area contributed by atoms with Gasteiger partial charge in [-0.25, -0.2) is 9.97 Å². The smallest absolute Gasteiger partial charge is 0.273 e. The molecule has 1 N–H and O–H groups in total. The Kier molecular flexibility index (Phi) is 5.54. The molecule has 0 aliphatic carbocycles. The van der Waals surface area contributed by atoms with Crippen molar-refractivity contribution in [2.24, 2.45) is 7.05 Å². The van der Waals surface area contributed by atoms with Crippen molar-refractivity contribution in [1.82, 2.24) is 34.6 Å². The van der Waals surface area contributed by atoms with Crippen LogP contribution in [0.25, 0.3) is 16.2 Å². The Morgan fingerprint density at radius 1 is 1.14 bits per heavy atom. The summed E-state index contributed by atoms with van der Waals surface area (Å²) in [6.07, 6.45) is 3.38. The van der Waals surface area contributed by atoms with Crippen molar-refractivity contribution in [2.75, 3.05) is 19.5 Å². The van der Waals surface area contributed by atoms with E-state index in [1.165, 1.54) is 6.33 Å². The Morgan fingerprint density at radius 3 is 2.74 bits per heavy atom. The lowest BCUT2D eigenvalue weighted by atomic mass is 10.1. The molecule has 0 unspecified atom stereocenters. The predicted octanol–water partition coefficient (Wildman–Crippen LogP) is 3.15. The summed E-state index contributed by atoms with van der Waals surface area (Å²) in [7, 11) is 5.12. The number of nitrogens with zero attached hydrogens (tertiary/aromatic N) is 8. The molecule has 3 aromatic heterocycles. The molecule has 1 aliphatic rings. The minimum Gasteiger partial charge on any atom is -0.494 e. The van der Waals surface area contributed by atoms with Crippen molar-refractivity contribution >= 4 is 23.1 Å². The highest BCUT2D eigenvalue weighted by molar-refractivity contribution is 6.03. The monoisotopic (exact) mass is 467 g/mol. The summed E-state index contributed by atoms with van der Waals surface area (Å²) in [6.45, 7) is 7.59. The average Bonchev–Trinajstić information content (AvgIpc) is 3.41. The van der Waals surface area contributed by atoms with Gasteiger partial charge in [-0.15, -0.1) is 4.98 Å². The molecule has 0 saturated carbocycles. The lowest BCUT2D eigenvalue weighted by Crippen LogP contribution is -2.18. The van der Waals surface area contributed by atoms with Crippen molar-refractivity contribution in [2.45, 2.75) is 13.0 Å². The zero-order valence-electron chi connectivity index (χ0n) is 19.3. The summed E-state index contributed by atoms with van der Waals surface area (Å²) in [6, 6.07) is 9.09. The Morgan fingerprint density at radius 2 is 2.00 bits per heavy atom. The lowest BCUT2D eigenvalue weighted by molar-refractivity contribution is 0.0817. The van der Waals surface area contributed by atoms with Gasteiger partial charge < -0.3 is 19.8 Å². The molecule has 0 atom stereocenters. The van der Waals surface area contributed by atoms with Crippen LogP contribution in [0.2, 0.25) is 0 Å². The van der Waals surface area contributed by atoms with Gasteiger partial charge in [0.1, 0.15) is 6.33 Å². The minimum atomic E-state index is -0.111. The molecule has 35 heavy (non-hydrogen) atoms. The molecule has 174 valence electrons. The summed E-state index contributed by atoms with van der Waals surface area (Å²) >= 11 is 0. The number of benzene rings is 1. The van der Waals surface area contributed by atoms with Gasteiger partial charge in [0.15, 0.2) is 11.6 Å². The number of carbonyl (C=O) groups excluding carboxylic acids is 1. The van der Waals surface area contributed by atoms with Crippen molar-refractivity contribution < 1.29 is 9.53 Å². The van der Waals surface area contributed by atoms with Crippen molar-refractivity contribution in [3.63, 3.8) is 0 Å². The first-order valence-electron chi connectivity index (χ1n) is 10.7. The van der Waals surface area contributed by atoms with Crippen LogP contribution in [-0.2, 0) is 20.0 Å². The largest absolute Gasteiger partial charge is 0.494 e. The number of ether oxygens (including phenoxy) is 1. The Labute approximate surface area is 201 Å². The van der Waals surface area contributed by atoms with E-state index in [0.29, 0.717) is 58.6 Å². The third-order valence-corrected chi connectivity index (χ3v) is 5.61. The molecule has 1 aliphatic heterocycles. The predicted molar refractivity (Wildman–Crippen MR) is 127 cm³/mol. The van der Waals surface area contributed by atoms with Crippen LogP contribution in [0.5, 0.6) is 5.75 Å². The number of nitrogens with one attached hydrogen (secondary N) is 1. The average molecular weight is 467 g/mol. The van der Waals surface area contributed by atoms with Crippen LogP contribution in [0.1, 0.15) is 27.4 Å². The van der Waals surface area contributed by atoms with Gasteiger partial charge in [0.25, 0.3) is 11.7 Å². The number of hydrogen-bond donors (Lipinski definition) is 1. The molecule has 1 amide bonds. The number of pyridine rings is 1. The molecule has 0 spiro atoms. The second kappa shape index (κ2) is 8.83. The van der Waals surface area contributed by atoms with Crippen LogP contribution in [0, 0.1) is 6.57 Å². The third-order valence-electron chi connectivity index (χ3n) is 5.61. The first-order valence-corrected chi connectivity index (χ1v) is 10.7. The maximum absolute atomic E-state index is 12.9. The fraction of sp³-hybridized carbons (Fsp3) is 0.208. The third kappa shape index (κ3) is 4.13. The maximum atomic E-state index is 12.9. The van der Waals surface area contributed by atoms with Crippen LogP contribution in [0.3, 0.4) is 0 Å². The number of fused-ring (bicyclic) bond motifs is 1. The van der Waals surface area contributed by atoms with Crippen LogP contribution >= 0.6 is 0 Å². The lowest BCUT2D eigenvalue weighted by Gasteiger charge is -2.16. The van der Waals surface area contributed by atoms with Gasteiger partial charge in [-0.05, 0) is 24.3 Å². The van der Waals surface area contributed by atoms with E-state index >= 15 is 0 Å². The Balaban J connectivity index is 1.57. The summed E-state index contributed by atoms with van der Waals surface area (Å²) in [5, 5.41) is 7.77. The standard InChI is InChI=1S/C24H21N9O2/c1-25-20-10-14(26-12-27-20)8-15-9-18(21-19(29-15)11-32(2)24(21)34)30-17-7-5-6-16(22(17)35-4)23-28-13-33(3)31-23/h5-7,9-10,12-13H,8,11H2,2-4H3,(H,29,30). The molecule has 4 heterocycles.